The molecule has 1 rings (SSSR count). The van der Waals surface area contributed by atoms with Crippen LogP contribution in [-0.4, -0.2) is 18.0 Å². The van der Waals surface area contributed by atoms with Crippen molar-refractivity contribution >= 4 is 11.7 Å². The molecule has 4 nitrogen and oxygen atoms in total. The van der Waals surface area contributed by atoms with Crippen molar-refractivity contribution in [3.8, 4) is 5.75 Å². The summed E-state index contributed by atoms with van der Waals surface area (Å²) in [4.78, 5) is 15.0. The molecule has 0 radical (unpaired) electrons. The van der Waals surface area contributed by atoms with Crippen LogP contribution in [0, 0.1) is 0 Å². The molecule has 70 valence electrons. The average molecular weight is 180 g/mol. The van der Waals surface area contributed by atoms with E-state index in [0.717, 1.165) is 0 Å². The number of amides is 1. The summed E-state index contributed by atoms with van der Waals surface area (Å²) in [5.74, 6) is 0.971. The Labute approximate surface area is 76.9 Å². The van der Waals surface area contributed by atoms with E-state index in [4.69, 9.17) is 4.74 Å². The number of methoxy groups -OCH3 is 1. The summed E-state index contributed by atoms with van der Waals surface area (Å²) >= 11 is 0. The molecular formula is C9H12N2O2. The Morgan fingerprint density at radius 1 is 1.69 bits per heavy atom. The van der Waals surface area contributed by atoms with E-state index in [0.29, 0.717) is 18.0 Å². The second-order valence-corrected chi connectivity index (χ2v) is 2.46. The second kappa shape index (κ2) is 4.45. The molecule has 0 aromatic carbocycles. The van der Waals surface area contributed by atoms with E-state index in [9.17, 15) is 4.79 Å². The highest BCUT2D eigenvalue weighted by Gasteiger charge is 2.05. The Kier molecular flexibility index (Phi) is 3.25. The minimum Gasteiger partial charge on any atom is -0.493 e. The van der Waals surface area contributed by atoms with Crippen LogP contribution in [0.15, 0.2) is 18.3 Å². The Morgan fingerprint density at radius 2 is 2.46 bits per heavy atom. The van der Waals surface area contributed by atoms with Crippen LogP contribution in [0.2, 0.25) is 0 Å². The quantitative estimate of drug-likeness (QED) is 0.765. The van der Waals surface area contributed by atoms with E-state index >= 15 is 0 Å². The molecule has 0 aliphatic rings. The maximum absolute atomic E-state index is 11.0. The highest BCUT2D eigenvalue weighted by atomic mass is 16.5. The Balaban J connectivity index is 2.81. The number of nitrogens with one attached hydrogen (secondary N) is 1. The fraction of sp³-hybridized carbons (Fsp3) is 0.333. The molecule has 0 bridgehead atoms. The molecule has 1 aromatic heterocycles. The standard InChI is InChI=1S/C9H12N2O2/c1-3-8(12)11-9-7(13-2)5-4-6-10-9/h4-6H,3H2,1-2H3,(H,10,11,12). The highest BCUT2D eigenvalue weighted by molar-refractivity contribution is 5.90. The van der Waals surface area contributed by atoms with Gasteiger partial charge in [0.15, 0.2) is 11.6 Å². The first kappa shape index (κ1) is 9.51. The van der Waals surface area contributed by atoms with Crippen molar-refractivity contribution in [2.24, 2.45) is 0 Å². The van der Waals surface area contributed by atoms with Gasteiger partial charge < -0.3 is 10.1 Å². The minimum absolute atomic E-state index is 0.0722. The minimum atomic E-state index is -0.0722. The van der Waals surface area contributed by atoms with Crippen LogP contribution >= 0.6 is 0 Å². The van der Waals surface area contributed by atoms with Gasteiger partial charge in [0.1, 0.15) is 0 Å². The normalized spacial score (nSPS) is 9.38. The lowest BCUT2D eigenvalue weighted by Crippen LogP contribution is -2.11. The zero-order valence-corrected chi connectivity index (χ0v) is 7.70. The largest absolute Gasteiger partial charge is 0.493 e. The second-order valence-electron chi connectivity index (χ2n) is 2.46. The summed E-state index contributed by atoms with van der Waals surface area (Å²) in [6.07, 6.45) is 2.04. The van der Waals surface area contributed by atoms with Gasteiger partial charge in [0.2, 0.25) is 5.91 Å². The number of hydrogen-bond acceptors (Lipinski definition) is 3. The molecule has 0 saturated carbocycles. The van der Waals surface area contributed by atoms with Crippen molar-refractivity contribution in [3.05, 3.63) is 18.3 Å². The molecule has 0 spiro atoms. The summed E-state index contributed by atoms with van der Waals surface area (Å²) < 4.78 is 5.01. The van der Waals surface area contributed by atoms with Gasteiger partial charge in [-0.3, -0.25) is 4.79 Å². The SMILES string of the molecule is CCC(=O)Nc1ncccc1OC. The van der Waals surface area contributed by atoms with Gasteiger partial charge in [-0.25, -0.2) is 4.98 Å². The number of nitrogens with zero attached hydrogens (tertiary/aromatic N) is 1. The lowest BCUT2D eigenvalue weighted by atomic mass is 10.4. The van der Waals surface area contributed by atoms with E-state index in [1.807, 2.05) is 0 Å². The number of ether oxygens (including phenoxy) is 1. The Morgan fingerprint density at radius 3 is 3.08 bits per heavy atom. The topological polar surface area (TPSA) is 51.2 Å². The Hall–Kier alpha value is -1.58. The molecule has 1 aromatic rings. The monoisotopic (exact) mass is 180 g/mol. The maximum atomic E-state index is 11.0. The summed E-state index contributed by atoms with van der Waals surface area (Å²) in [5, 5.41) is 2.64. The molecule has 13 heavy (non-hydrogen) atoms. The third kappa shape index (κ3) is 2.43. The molecule has 1 N–H and O–H groups in total. The van der Waals surface area contributed by atoms with Gasteiger partial charge in [0.25, 0.3) is 0 Å². The molecule has 0 fully saturated rings. The average Bonchev–Trinajstić information content (AvgIpc) is 2.18. The number of anilines is 1. The number of aromatic nitrogens is 1. The molecule has 0 atom stereocenters. The third-order valence-electron chi connectivity index (χ3n) is 1.57. The molecule has 0 unspecified atom stereocenters. The van der Waals surface area contributed by atoms with Crippen LogP contribution in [0.3, 0.4) is 0 Å². The van der Waals surface area contributed by atoms with Gasteiger partial charge >= 0.3 is 0 Å². The van der Waals surface area contributed by atoms with Gasteiger partial charge in [0, 0.05) is 12.6 Å². The smallest absolute Gasteiger partial charge is 0.225 e. The van der Waals surface area contributed by atoms with Crippen molar-refractivity contribution < 1.29 is 9.53 Å². The van der Waals surface area contributed by atoms with E-state index in [1.165, 1.54) is 0 Å². The summed E-state index contributed by atoms with van der Waals surface area (Å²) in [6.45, 7) is 1.78. The first-order valence-corrected chi connectivity index (χ1v) is 4.06. The van der Waals surface area contributed by atoms with Crippen molar-refractivity contribution in [1.29, 1.82) is 0 Å². The molecular weight excluding hydrogens is 168 g/mol. The van der Waals surface area contributed by atoms with Crippen LogP contribution in [0.4, 0.5) is 5.82 Å². The van der Waals surface area contributed by atoms with Crippen molar-refractivity contribution in [3.63, 3.8) is 0 Å². The van der Waals surface area contributed by atoms with Crippen molar-refractivity contribution in [2.45, 2.75) is 13.3 Å². The number of pyridine rings is 1. The summed E-state index contributed by atoms with van der Waals surface area (Å²) in [5.41, 5.74) is 0. The van der Waals surface area contributed by atoms with E-state index in [2.05, 4.69) is 10.3 Å². The van der Waals surface area contributed by atoms with Crippen LogP contribution in [0.5, 0.6) is 5.75 Å². The van der Waals surface area contributed by atoms with Gasteiger partial charge in [-0.05, 0) is 12.1 Å². The first-order chi connectivity index (χ1) is 6.27. The number of rotatable bonds is 3. The summed E-state index contributed by atoms with van der Waals surface area (Å²) in [6, 6.07) is 3.50. The van der Waals surface area contributed by atoms with E-state index in [-0.39, 0.29) is 5.91 Å². The highest BCUT2D eigenvalue weighted by Crippen LogP contribution is 2.19. The van der Waals surface area contributed by atoms with Crippen LogP contribution in [0.25, 0.3) is 0 Å². The van der Waals surface area contributed by atoms with Gasteiger partial charge in [0.05, 0.1) is 7.11 Å². The van der Waals surface area contributed by atoms with E-state index in [1.54, 1.807) is 32.4 Å². The number of carbonyl (C=O) groups is 1. The van der Waals surface area contributed by atoms with Crippen LogP contribution < -0.4 is 10.1 Å². The number of hydrogen-bond donors (Lipinski definition) is 1. The van der Waals surface area contributed by atoms with Gasteiger partial charge in [-0.1, -0.05) is 6.92 Å². The predicted octanol–water partition coefficient (Wildman–Crippen LogP) is 1.44. The molecule has 0 aliphatic carbocycles. The van der Waals surface area contributed by atoms with Crippen molar-refractivity contribution in [2.75, 3.05) is 12.4 Å². The zero-order chi connectivity index (χ0) is 9.68. The maximum Gasteiger partial charge on any atom is 0.225 e. The Bertz CT molecular complexity index is 299. The van der Waals surface area contributed by atoms with Crippen LogP contribution in [0.1, 0.15) is 13.3 Å². The fourth-order valence-corrected chi connectivity index (χ4v) is 0.870. The fourth-order valence-electron chi connectivity index (χ4n) is 0.870. The lowest BCUT2D eigenvalue weighted by Gasteiger charge is -2.06. The van der Waals surface area contributed by atoms with Gasteiger partial charge in [-0.2, -0.15) is 0 Å². The molecule has 0 aliphatic heterocycles. The lowest BCUT2D eigenvalue weighted by molar-refractivity contribution is -0.115. The molecule has 4 heteroatoms. The van der Waals surface area contributed by atoms with Crippen LogP contribution in [-0.2, 0) is 4.79 Å². The zero-order valence-electron chi connectivity index (χ0n) is 7.70. The first-order valence-electron chi connectivity index (χ1n) is 4.06. The molecule has 0 saturated heterocycles. The third-order valence-corrected chi connectivity index (χ3v) is 1.57. The molecule has 1 amide bonds. The predicted molar refractivity (Wildman–Crippen MR) is 49.7 cm³/mol. The van der Waals surface area contributed by atoms with E-state index < -0.39 is 0 Å². The molecule has 1 heterocycles. The van der Waals surface area contributed by atoms with Gasteiger partial charge in [-0.15, -0.1) is 0 Å². The van der Waals surface area contributed by atoms with Crippen molar-refractivity contribution in [1.82, 2.24) is 4.98 Å². The number of carbonyl (C=O) groups excluding carboxylic acids is 1. The summed E-state index contributed by atoms with van der Waals surface area (Å²) in [7, 11) is 1.54.